The maximum atomic E-state index is 12.3. The number of rotatable bonds is 3. The number of nitrogens with zero attached hydrogens (tertiary/aromatic N) is 3. The maximum Gasteiger partial charge on any atom is 0.241 e. The van der Waals surface area contributed by atoms with Gasteiger partial charge in [0.1, 0.15) is 6.04 Å². The van der Waals surface area contributed by atoms with Gasteiger partial charge in [-0.05, 0) is 25.8 Å². The first kappa shape index (κ1) is 13.6. The summed E-state index contributed by atoms with van der Waals surface area (Å²) in [5, 5.41) is 7.21. The minimum absolute atomic E-state index is 0.0876. The predicted octanol–water partition coefficient (Wildman–Crippen LogP) is 0.163. The molecule has 3 heterocycles. The highest BCUT2D eigenvalue weighted by Crippen LogP contribution is 2.27. The van der Waals surface area contributed by atoms with Crippen LogP contribution >= 0.6 is 0 Å². The molecule has 2 aliphatic rings. The number of amides is 1. The van der Waals surface area contributed by atoms with Gasteiger partial charge in [0.05, 0.1) is 6.20 Å². The maximum absolute atomic E-state index is 12.3. The molecule has 0 radical (unpaired) electrons. The molecular weight excluding hydrogens is 254 g/mol. The SMILES string of the molecule is Cn1cc(C(N)C(=O)NC2CCN3CCCCC23)cn1. The lowest BCUT2D eigenvalue weighted by Gasteiger charge is -2.32. The Morgan fingerprint density at radius 2 is 2.30 bits per heavy atom. The van der Waals surface area contributed by atoms with Crippen LogP contribution in [-0.2, 0) is 11.8 Å². The van der Waals surface area contributed by atoms with Gasteiger partial charge in [0.2, 0.25) is 5.91 Å². The number of aromatic nitrogens is 2. The fourth-order valence-corrected chi connectivity index (χ4v) is 3.44. The van der Waals surface area contributed by atoms with E-state index in [1.54, 1.807) is 17.1 Å². The van der Waals surface area contributed by atoms with Gasteiger partial charge >= 0.3 is 0 Å². The van der Waals surface area contributed by atoms with Crippen molar-refractivity contribution in [2.75, 3.05) is 13.1 Å². The van der Waals surface area contributed by atoms with Crippen LogP contribution in [-0.4, -0.2) is 45.8 Å². The average molecular weight is 277 g/mol. The Kier molecular flexibility index (Phi) is 3.76. The van der Waals surface area contributed by atoms with Gasteiger partial charge in [-0.25, -0.2) is 0 Å². The molecule has 1 amide bonds. The van der Waals surface area contributed by atoms with E-state index in [0.29, 0.717) is 6.04 Å². The zero-order valence-corrected chi connectivity index (χ0v) is 12.0. The molecule has 0 aliphatic carbocycles. The molecule has 3 unspecified atom stereocenters. The van der Waals surface area contributed by atoms with Crippen LogP contribution < -0.4 is 11.1 Å². The molecule has 6 heteroatoms. The number of fused-ring (bicyclic) bond motifs is 1. The number of carbonyl (C=O) groups excluding carboxylic acids is 1. The number of hydrogen-bond acceptors (Lipinski definition) is 4. The fraction of sp³-hybridized carbons (Fsp3) is 0.714. The van der Waals surface area contributed by atoms with Crippen LogP contribution in [0.5, 0.6) is 0 Å². The molecule has 3 atom stereocenters. The second-order valence-corrected chi connectivity index (χ2v) is 5.93. The average Bonchev–Trinajstić information content (AvgIpc) is 3.05. The van der Waals surface area contributed by atoms with Crippen molar-refractivity contribution >= 4 is 5.91 Å². The van der Waals surface area contributed by atoms with Crippen LogP contribution in [0, 0.1) is 0 Å². The van der Waals surface area contributed by atoms with Crippen LogP contribution in [0.3, 0.4) is 0 Å². The van der Waals surface area contributed by atoms with E-state index in [-0.39, 0.29) is 11.9 Å². The van der Waals surface area contributed by atoms with Crippen molar-refractivity contribution in [2.24, 2.45) is 12.8 Å². The van der Waals surface area contributed by atoms with E-state index in [1.165, 1.54) is 25.8 Å². The molecule has 2 aliphatic heterocycles. The molecule has 2 fully saturated rings. The van der Waals surface area contributed by atoms with Crippen LogP contribution in [0.1, 0.15) is 37.3 Å². The topological polar surface area (TPSA) is 76.2 Å². The van der Waals surface area contributed by atoms with Crippen molar-refractivity contribution < 1.29 is 4.79 Å². The number of nitrogens with two attached hydrogens (primary N) is 1. The Balaban J connectivity index is 1.61. The molecule has 3 N–H and O–H groups in total. The number of aryl methyl sites for hydroxylation is 1. The van der Waals surface area contributed by atoms with Crippen molar-refractivity contribution in [1.29, 1.82) is 0 Å². The molecule has 6 nitrogen and oxygen atoms in total. The largest absolute Gasteiger partial charge is 0.350 e. The van der Waals surface area contributed by atoms with Crippen molar-refractivity contribution in [3.8, 4) is 0 Å². The van der Waals surface area contributed by atoms with Crippen LogP contribution in [0.4, 0.5) is 0 Å². The third-order valence-electron chi connectivity index (χ3n) is 4.55. The van der Waals surface area contributed by atoms with Gasteiger partial charge in [0.15, 0.2) is 0 Å². The summed E-state index contributed by atoms with van der Waals surface area (Å²) in [5.74, 6) is -0.0876. The summed E-state index contributed by atoms with van der Waals surface area (Å²) in [6.45, 7) is 2.27. The molecule has 0 spiro atoms. The van der Waals surface area contributed by atoms with E-state index in [1.807, 2.05) is 7.05 Å². The molecule has 0 saturated carbocycles. The van der Waals surface area contributed by atoms with E-state index in [4.69, 9.17) is 5.73 Å². The Morgan fingerprint density at radius 3 is 3.05 bits per heavy atom. The van der Waals surface area contributed by atoms with Crippen molar-refractivity contribution in [3.63, 3.8) is 0 Å². The Bertz CT molecular complexity index is 486. The van der Waals surface area contributed by atoms with Gasteiger partial charge in [-0.15, -0.1) is 0 Å². The van der Waals surface area contributed by atoms with Crippen LogP contribution in [0.25, 0.3) is 0 Å². The first-order valence-electron chi connectivity index (χ1n) is 7.43. The van der Waals surface area contributed by atoms with E-state index >= 15 is 0 Å². The third-order valence-corrected chi connectivity index (χ3v) is 4.55. The molecule has 1 aromatic heterocycles. The van der Waals surface area contributed by atoms with Crippen molar-refractivity contribution in [1.82, 2.24) is 20.0 Å². The van der Waals surface area contributed by atoms with Gasteiger partial charge in [0, 0.05) is 37.4 Å². The Morgan fingerprint density at radius 1 is 1.45 bits per heavy atom. The normalized spacial score (nSPS) is 28.1. The monoisotopic (exact) mass is 277 g/mol. The summed E-state index contributed by atoms with van der Waals surface area (Å²) >= 11 is 0. The third kappa shape index (κ3) is 2.58. The second kappa shape index (κ2) is 5.54. The van der Waals surface area contributed by atoms with Gasteiger partial charge in [-0.2, -0.15) is 5.10 Å². The van der Waals surface area contributed by atoms with E-state index in [2.05, 4.69) is 15.3 Å². The summed E-state index contributed by atoms with van der Waals surface area (Å²) in [5.41, 5.74) is 6.79. The highest BCUT2D eigenvalue weighted by Gasteiger charge is 2.36. The van der Waals surface area contributed by atoms with E-state index in [0.717, 1.165) is 18.5 Å². The highest BCUT2D eigenvalue weighted by atomic mass is 16.2. The van der Waals surface area contributed by atoms with E-state index in [9.17, 15) is 4.79 Å². The van der Waals surface area contributed by atoms with Gasteiger partial charge in [-0.1, -0.05) is 6.42 Å². The zero-order chi connectivity index (χ0) is 14.1. The highest BCUT2D eigenvalue weighted by molar-refractivity contribution is 5.83. The molecule has 20 heavy (non-hydrogen) atoms. The molecule has 0 aromatic carbocycles. The van der Waals surface area contributed by atoms with Gasteiger partial charge in [0.25, 0.3) is 0 Å². The number of piperidine rings is 1. The number of carbonyl (C=O) groups is 1. The summed E-state index contributed by atoms with van der Waals surface area (Å²) in [4.78, 5) is 14.8. The molecule has 3 rings (SSSR count). The quantitative estimate of drug-likeness (QED) is 0.825. The van der Waals surface area contributed by atoms with Gasteiger partial charge < -0.3 is 11.1 Å². The zero-order valence-electron chi connectivity index (χ0n) is 12.0. The van der Waals surface area contributed by atoms with E-state index < -0.39 is 6.04 Å². The standard InChI is InChI=1S/C14H23N5O/c1-18-9-10(8-16-18)13(15)14(20)17-11-5-7-19-6-3-2-4-12(11)19/h8-9,11-13H,2-7,15H2,1H3,(H,17,20). The smallest absolute Gasteiger partial charge is 0.241 e. The second-order valence-electron chi connectivity index (χ2n) is 5.93. The summed E-state index contributed by atoms with van der Waals surface area (Å²) in [6.07, 6.45) is 8.23. The minimum atomic E-state index is -0.624. The minimum Gasteiger partial charge on any atom is -0.350 e. The molecule has 0 bridgehead atoms. The Hall–Kier alpha value is -1.40. The van der Waals surface area contributed by atoms with Crippen molar-refractivity contribution in [3.05, 3.63) is 18.0 Å². The summed E-state index contributed by atoms with van der Waals surface area (Å²) < 4.78 is 1.67. The lowest BCUT2D eigenvalue weighted by Crippen LogP contribution is -2.48. The lowest BCUT2D eigenvalue weighted by atomic mass is 9.98. The fourth-order valence-electron chi connectivity index (χ4n) is 3.44. The first-order chi connectivity index (χ1) is 9.65. The predicted molar refractivity (Wildman–Crippen MR) is 75.9 cm³/mol. The molecule has 110 valence electrons. The molecular formula is C14H23N5O. The van der Waals surface area contributed by atoms with Crippen LogP contribution in [0.15, 0.2) is 12.4 Å². The van der Waals surface area contributed by atoms with Crippen molar-refractivity contribution in [2.45, 2.75) is 43.8 Å². The lowest BCUT2D eigenvalue weighted by molar-refractivity contribution is -0.123. The van der Waals surface area contributed by atoms with Gasteiger partial charge in [-0.3, -0.25) is 14.4 Å². The molecule has 2 saturated heterocycles. The Labute approximate surface area is 119 Å². The number of nitrogens with one attached hydrogen (secondary N) is 1. The number of hydrogen-bond donors (Lipinski definition) is 2. The molecule has 1 aromatic rings. The first-order valence-corrected chi connectivity index (χ1v) is 7.43. The summed E-state index contributed by atoms with van der Waals surface area (Å²) in [7, 11) is 1.82. The van der Waals surface area contributed by atoms with Crippen LogP contribution in [0.2, 0.25) is 0 Å². The summed E-state index contributed by atoms with van der Waals surface area (Å²) in [6, 6.07) is 0.140.